The van der Waals surface area contributed by atoms with Crippen molar-refractivity contribution in [1.29, 1.82) is 0 Å². The highest BCUT2D eigenvalue weighted by Gasteiger charge is 2.45. The van der Waals surface area contributed by atoms with Crippen molar-refractivity contribution in [2.24, 2.45) is 5.41 Å². The summed E-state index contributed by atoms with van der Waals surface area (Å²) in [6.07, 6.45) is 3.27. The summed E-state index contributed by atoms with van der Waals surface area (Å²) in [6.45, 7) is 3.54. The number of hydrogen-bond donors (Lipinski definition) is 3. The highest BCUT2D eigenvalue weighted by atomic mass is 16.5. The van der Waals surface area contributed by atoms with Crippen molar-refractivity contribution in [2.45, 2.75) is 31.8 Å². The van der Waals surface area contributed by atoms with Crippen LogP contribution >= 0.6 is 0 Å². The Morgan fingerprint density at radius 2 is 2.23 bits per heavy atom. The van der Waals surface area contributed by atoms with E-state index in [4.69, 9.17) is 4.74 Å². The first kappa shape index (κ1) is 17.3. The van der Waals surface area contributed by atoms with Crippen LogP contribution < -0.4 is 15.4 Å². The molecule has 2 aliphatic heterocycles. The lowest BCUT2D eigenvalue weighted by Crippen LogP contribution is -2.41. The van der Waals surface area contributed by atoms with Crippen molar-refractivity contribution in [3.8, 4) is 5.75 Å². The molecule has 1 amide bonds. The molecule has 1 atom stereocenters. The standard InChI is InChI=1S/C19H27N5O2/c1-24-12-19(5-7-20-8-6-19)10-16(24)18(25)21-11-17-22-14-4-3-13(26-2)9-15(14)23-17/h3-4,9,16,20H,5-8,10-12H2,1-2H3,(H,21,25)(H,22,23)/t16-/m0/s1. The fraction of sp³-hybridized carbons (Fsp3) is 0.579. The third-order valence-electron chi connectivity index (χ3n) is 5.88. The summed E-state index contributed by atoms with van der Waals surface area (Å²) in [5, 5.41) is 6.48. The molecule has 7 nitrogen and oxygen atoms in total. The third kappa shape index (κ3) is 3.29. The Balaban J connectivity index is 1.39. The van der Waals surface area contributed by atoms with Gasteiger partial charge in [-0.3, -0.25) is 9.69 Å². The number of ether oxygens (including phenoxy) is 1. The number of carbonyl (C=O) groups excluding carboxylic acids is 1. The summed E-state index contributed by atoms with van der Waals surface area (Å²) < 4.78 is 5.24. The number of likely N-dealkylation sites (N-methyl/N-ethyl adjacent to an activating group) is 1. The van der Waals surface area contributed by atoms with Gasteiger partial charge >= 0.3 is 0 Å². The Bertz CT molecular complexity index is 796. The number of carbonyl (C=O) groups is 1. The number of aromatic amines is 1. The van der Waals surface area contributed by atoms with Crippen LogP contribution in [-0.4, -0.2) is 60.6 Å². The Hall–Kier alpha value is -2.12. The van der Waals surface area contributed by atoms with Gasteiger partial charge in [-0.15, -0.1) is 0 Å². The molecule has 2 aliphatic rings. The zero-order valence-corrected chi connectivity index (χ0v) is 15.5. The minimum absolute atomic E-state index is 0.0439. The molecular formula is C19H27N5O2. The van der Waals surface area contributed by atoms with Gasteiger partial charge in [0.1, 0.15) is 11.6 Å². The SMILES string of the molecule is COc1ccc2nc(CNC(=O)[C@@H]3CC4(CCNCC4)CN3C)[nH]c2c1. The first-order chi connectivity index (χ1) is 12.6. The summed E-state index contributed by atoms with van der Waals surface area (Å²) in [5.74, 6) is 1.65. The van der Waals surface area contributed by atoms with Gasteiger partial charge in [-0.1, -0.05) is 0 Å². The molecule has 1 aromatic carbocycles. The Morgan fingerprint density at radius 1 is 1.42 bits per heavy atom. The normalized spacial score (nSPS) is 22.8. The maximum atomic E-state index is 12.7. The van der Waals surface area contributed by atoms with E-state index in [1.54, 1.807) is 7.11 Å². The number of amides is 1. The lowest BCUT2D eigenvalue weighted by molar-refractivity contribution is -0.125. The lowest BCUT2D eigenvalue weighted by Gasteiger charge is -2.33. The first-order valence-corrected chi connectivity index (χ1v) is 9.30. The zero-order valence-electron chi connectivity index (χ0n) is 15.5. The predicted octanol–water partition coefficient (Wildman–Crippen LogP) is 1.26. The average molecular weight is 357 g/mol. The minimum atomic E-state index is -0.0439. The number of aromatic nitrogens is 2. The van der Waals surface area contributed by atoms with Gasteiger partial charge in [0, 0.05) is 12.6 Å². The molecule has 0 bridgehead atoms. The summed E-state index contributed by atoms with van der Waals surface area (Å²) in [6, 6.07) is 5.68. The number of H-pyrrole nitrogens is 1. The number of hydrogen-bond acceptors (Lipinski definition) is 5. The number of piperidine rings is 1. The van der Waals surface area contributed by atoms with Crippen LogP contribution in [0.4, 0.5) is 0 Å². The number of nitrogens with zero attached hydrogens (tertiary/aromatic N) is 2. The molecule has 0 saturated carbocycles. The molecule has 26 heavy (non-hydrogen) atoms. The predicted molar refractivity (Wildman–Crippen MR) is 100 cm³/mol. The van der Waals surface area contributed by atoms with Crippen molar-refractivity contribution >= 4 is 16.9 Å². The summed E-state index contributed by atoms with van der Waals surface area (Å²) in [7, 11) is 3.71. The van der Waals surface area contributed by atoms with Crippen LogP contribution in [0.25, 0.3) is 11.0 Å². The summed E-state index contributed by atoms with van der Waals surface area (Å²) in [4.78, 5) is 22.8. The van der Waals surface area contributed by atoms with Gasteiger partial charge in [-0.2, -0.15) is 0 Å². The Labute approximate surface area is 153 Å². The number of methoxy groups -OCH3 is 1. The van der Waals surface area contributed by atoms with Gasteiger partial charge in [0.15, 0.2) is 0 Å². The molecule has 3 heterocycles. The Kier molecular flexibility index (Phi) is 4.58. The van der Waals surface area contributed by atoms with E-state index in [0.717, 1.165) is 61.5 Å². The molecule has 3 N–H and O–H groups in total. The highest BCUT2D eigenvalue weighted by molar-refractivity contribution is 5.82. The number of nitrogens with one attached hydrogen (secondary N) is 3. The maximum absolute atomic E-state index is 12.7. The van der Waals surface area contributed by atoms with Crippen molar-refractivity contribution < 1.29 is 9.53 Å². The van der Waals surface area contributed by atoms with E-state index < -0.39 is 0 Å². The average Bonchev–Trinajstić information content (AvgIpc) is 3.20. The fourth-order valence-electron chi connectivity index (χ4n) is 4.42. The zero-order chi connectivity index (χ0) is 18.1. The molecule has 4 rings (SSSR count). The fourth-order valence-corrected chi connectivity index (χ4v) is 4.42. The van der Waals surface area contributed by atoms with E-state index in [1.807, 2.05) is 18.2 Å². The van der Waals surface area contributed by atoms with Crippen molar-refractivity contribution in [3.63, 3.8) is 0 Å². The second kappa shape index (κ2) is 6.89. The van der Waals surface area contributed by atoms with Gasteiger partial charge < -0.3 is 20.4 Å². The highest BCUT2D eigenvalue weighted by Crippen LogP contribution is 2.41. The van der Waals surface area contributed by atoms with E-state index in [9.17, 15) is 4.79 Å². The lowest BCUT2D eigenvalue weighted by atomic mass is 9.77. The van der Waals surface area contributed by atoms with Gasteiger partial charge in [0.2, 0.25) is 5.91 Å². The van der Waals surface area contributed by atoms with Crippen LogP contribution in [0.2, 0.25) is 0 Å². The molecule has 140 valence electrons. The molecule has 2 fully saturated rings. The van der Waals surface area contributed by atoms with Crippen LogP contribution in [-0.2, 0) is 11.3 Å². The van der Waals surface area contributed by atoms with Gasteiger partial charge in [0.05, 0.1) is 30.7 Å². The number of likely N-dealkylation sites (tertiary alicyclic amines) is 1. The third-order valence-corrected chi connectivity index (χ3v) is 5.88. The molecular weight excluding hydrogens is 330 g/mol. The summed E-state index contributed by atoms with van der Waals surface area (Å²) in [5.41, 5.74) is 2.10. The molecule has 7 heteroatoms. The molecule has 1 aromatic heterocycles. The molecule has 0 aliphatic carbocycles. The quantitative estimate of drug-likeness (QED) is 0.767. The molecule has 0 radical (unpaired) electrons. The number of rotatable bonds is 4. The topological polar surface area (TPSA) is 82.3 Å². The molecule has 2 saturated heterocycles. The van der Waals surface area contributed by atoms with Gasteiger partial charge in [-0.05, 0) is 56.9 Å². The van der Waals surface area contributed by atoms with E-state index >= 15 is 0 Å². The van der Waals surface area contributed by atoms with E-state index in [-0.39, 0.29) is 11.9 Å². The van der Waals surface area contributed by atoms with Crippen LogP contribution in [0, 0.1) is 5.41 Å². The smallest absolute Gasteiger partial charge is 0.237 e. The van der Waals surface area contributed by atoms with Crippen molar-refractivity contribution in [3.05, 3.63) is 24.0 Å². The van der Waals surface area contributed by atoms with E-state index in [2.05, 4.69) is 32.5 Å². The van der Waals surface area contributed by atoms with Gasteiger partial charge in [-0.25, -0.2) is 4.98 Å². The Morgan fingerprint density at radius 3 is 3.00 bits per heavy atom. The number of fused-ring (bicyclic) bond motifs is 1. The minimum Gasteiger partial charge on any atom is -0.497 e. The number of benzene rings is 1. The van der Waals surface area contributed by atoms with Gasteiger partial charge in [0.25, 0.3) is 0 Å². The largest absolute Gasteiger partial charge is 0.497 e. The second-order valence-electron chi connectivity index (χ2n) is 7.67. The van der Waals surface area contributed by atoms with Crippen molar-refractivity contribution in [2.75, 3.05) is 33.8 Å². The van der Waals surface area contributed by atoms with E-state index in [0.29, 0.717) is 12.0 Å². The van der Waals surface area contributed by atoms with Crippen LogP contribution in [0.1, 0.15) is 25.1 Å². The first-order valence-electron chi connectivity index (χ1n) is 9.30. The number of imidazole rings is 1. The van der Waals surface area contributed by atoms with Crippen LogP contribution in [0.15, 0.2) is 18.2 Å². The second-order valence-corrected chi connectivity index (χ2v) is 7.67. The van der Waals surface area contributed by atoms with Crippen LogP contribution in [0.3, 0.4) is 0 Å². The van der Waals surface area contributed by atoms with Crippen molar-refractivity contribution in [1.82, 2.24) is 25.5 Å². The van der Waals surface area contributed by atoms with Crippen LogP contribution in [0.5, 0.6) is 5.75 Å². The maximum Gasteiger partial charge on any atom is 0.237 e. The summed E-state index contributed by atoms with van der Waals surface area (Å²) >= 11 is 0. The monoisotopic (exact) mass is 357 g/mol. The molecule has 0 unspecified atom stereocenters. The molecule has 1 spiro atoms. The molecule has 2 aromatic rings. The van der Waals surface area contributed by atoms with E-state index in [1.165, 1.54) is 0 Å².